The van der Waals surface area contributed by atoms with Gasteiger partial charge in [-0.3, -0.25) is 14.7 Å². The molecule has 1 amide bonds. The molecule has 8 heteroatoms. The first-order chi connectivity index (χ1) is 13.9. The van der Waals surface area contributed by atoms with E-state index in [0.29, 0.717) is 6.04 Å². The number of hydrogen-bond acceptors (Lipinski definition) is 4. The molecule has 170 valence electrons. The number of carbonyl (C=O) groups excluding carboxylic acids is 1. The molecular weight excluding hydrogens is 491 g/mol. The van der Waals surface area contributed by atoms with Crippen molar-refractivity contribution in [2.45, 2.75) is 26.3 Å². The molecule has 2 N–H and O–H groups in total. The van der Waals surface area contributed by atoms with Crippen LogP contribution >= 0.6 is 24.0 Å². The Balaban J connectivity index is 0.00000450. The lowest BCUT2D eigenvalue weighted by Crippen LogP contribution is -2.49. The lowest BCUT2D eigenvalue weighted by Gasteiger charge is -2.35. The SMILES string of the molecule is CCNC(=NCC(C)N1CCN(C)CC1)NCCc1cccc(C(=O)N(C)C)c1.I. The van der Waals surface area contributed by atoms with Gasteiger partial charge in [0.2, 0.25) is 0 Å². The van der Waals surface area contributed by atoms with Crippen LogP contribution in [0.2, 0.25) is 0 Å². The number of likely N-dealkylation sites (N-methyl/N-ethyl adjacent to an activating group) is 1. The van der Waals surface area contributed by atoms with Crippen molar-refractivity contribution in [1.29, 1.82) is 0 Å². The highest BCUT2D eigenvalue weighted by atomic mass is 127. The summed E-state index contributed by atoms with van der Waals surface area (Å²) in [6.45, 7) is 11.2. The normalized spacial score (nSPS) is 16.5. The monoisotopic (exact) mass is 530 g/mol. The molecule has 1 aromatic carbocycles. The molecule has 30 heavy (non-hydrogen) atoms. The van der Waals surface area contributed by atoms with Gasteiger partial charge in [0, 0.05) is 65.0 Å². The second-order valence-electron chi connectivity index (χ2n) is 7.98. The Morgan fingerprint density at radius 1 is 1.20 bits per heavy atom. The van der Waals surface area contributed by atoms with Crippen LogP contribution in [0.5, 0.6) is 0 Å². The number of piperazine rings is 1. The van der Waals surface area contributed by atoms with Crippen LogP contribution in [0.25, 0.3) is 0 Å². The van der Waals surface area contributed by atoms with Crippen molar-refractivity contribution in [1.82, 2.24) is 25.3 Å². The average molecular weight is 530 g/mol. The van der Waals surface area contributed by atoms with Gasteiger partial charge in [-0.05, 0) is 45.0 Å². The Morgan fingerprint density at radius 2 is 1.90 bits per heavy atom. The Kier molecular flexibility index (Phi) is 12.3. The van der Waals surface area contributed by atoms with Crippen LogP contribution < -0.4 is 10.6 Å². The van der Waals surface area contributed by atoms with Crippen LogP contribution in [-0.4, -0.2) is 99.6 Å². The number of nitrogens with zero attached hydrogens (tertiary/aromatic N) is 4. The van der Waals surface area contributed by atoms with Crippen LogP contribution in [0.15, 0.2) is 29.3 Å². The fourth-order valence-corrected chi connectivity index (χ4v) is 3.39. The van der Waals surface area contributed by atoms with Crippen LogP contribution in [0, 0.1) is 0 Å². The van der Waals surface area contributed by atoms with Gasteiger partial charge in [0.25, 0.3) is 5.91 Å². The number of aliphatic imine (C=N–C) groups is 1. The van der Waals surface area contributed by atoms with Crippen molar-refractivity contribution >= 4 is 35.8 Å². The summed E-state index contributed by atoms with van der Waals surface area (Å²) in [5.74, 6) is 0.890. The third-order valence-electron chi connectivity index (χ3n) is 5.31. The topological polar surface area (TPSA) is 63.2 Å². The molecule has 1 saturated heterocycles. The van der Waals surface area contributed by atoms with Gasteiger partial charge in [-0.1, -0.05) is 12.1 Å². The summed E-state index contributed by atoms with van der Waals surface area (Å²) >= 11 is 0. The second-order valence-corrected chi connectivity index (χ2v) is 7.98. The zero-order chi connectivity index (χ0) is 21.2. The summed E-state index contributed by atoms with van der Waals surface area (Å²) in [6.07, 6.45) is 0.840. The minimum absolute atomic E-state index is 0. The first-order valence-electron chi connectivity index (χ1n) is 10.7. The van der Waals surface area contributed by atoms with Crippen molar-refractivity contribution in [2.75, 3.05) is 67.0 Å². The zero-order valence-corrected chi connectivity index (χ0v) is 21.5. The summed E-state index contributed by atoms with van der Waals surface area (Å²) in [5, 5.41) is 6.75. The van der Waals surface area contributed by atoms with Gasteiger partial charge in [-0.2, -0.15) is 0 Å². The smallest absolute Gasteiger partial charge is 0.253 e. The quantitative estimate of drug-likeness (QED) is 0.305. The van der Waals surface area contributed by atoms with Crippen molar-refractivity contribution in [3.63, 3.8) is 0 Å². The molecule has 0 saturated carbocycles. The van der Waals surface area contributed by atoms with E-state index in [-0.39, 0.29) is 29.9 Å². The number of rotatable bonds is 8. The third kappa shape index (κ3) is 8.77. The van der Waals surface area contributed by atoms with Crippen LogP contribution in [0.4, 0.5) is 0 Å². The van der Waals surface area contributed by atoms with E-state index >= 15 is 0 Å². The molecule has 1 unspecified atom stereocenters. The predicted molar refractivity (Wildman–Crippen MR) is 136 cm³/mol. The maximum absolute atomic E-state index is 12.1. The van der Waals surface area contributed by atoms with E-state index in [1.165, 1.54) is 0 Å². The lowest BCUT2D eigenvalue weighted by molar-refractivity contribution is 0.0827. The Hall–Kier alpha value is -1.39. The highest BCUT2D eigenvalue weighted by Gasteiger charge is 2.18. The maximum Gasteiger partial charge on any atom is 0.253 e. The number of nitrogens with one attached hydrogen (secondary N) is 2. The Morgan fingerprint density at radius 3 is 2.53 bits per heavy atom. The van der Waals surface area contributed by atoms with E-state index in [1.807, 2.05) is 18.2 Å². The largest absolute Gasteiger partial charge is 0.357 e. The fourth-order valence-electron chi connectivity index (χ4n) is 3.39. The zero-order valence-electron chi connectivity index (χ0n) is 19.1. The van der Waals surface area contributed by atoms with Gasteiger partial charge < -0.3 is 20.4 Å². The summed E-state index contributed by atoms with van der Waals surface area (Å²) < 4.78 is 0. The molecule has 1 aliphatic heterocycles. The molecule has 1 aromatic rings. The van der Waals surface area contributed by atoms with E-state index in [0.717, 1.165) is 69.3 Å². The number of amides is 1. The van der Waals surface area contributed by atoms with Gasteiger partial charge in [-0.25, -0.2) is 0 Å². The summed E-state index contributed by atoms with van der Waals surface area (Å²) in [7, 11) is 5.73. The Labute approximate surface area is 199 Å². The molecule has 1 heterocycles. The first kappa shape index (κ1) is 26.6. The van der Waals surface area contributed by atoms with Crippen molar-refractivity contribution < 1.29 is 4.79 Å². The van der Waals surface area contributed by atoms with E-state index in [4.69, 9.17) is 4.99 Å². The average Bonchev–Trinajstić information content (AvgIpc) is 2.72. The Bertz CT molecular complexity index is 673. The molecule has 7 nitrogen and oxygen atoms in total. The molecule has 0 bridgehead atoms. The molecule has 0 radical (unpaired) electrons. The minimum Gasteiger partial charge on any atom is -0.357 e. The lowest BCUT2D eigenvalue weighted by atomic mass is 10.1. The summed E-state index contributed by atoms with van der Waals surface area (Å²) in [4.78, 5) is 23.4. The van der Waals surface area contributed by atoms with E-state index < -0.39 is 0 Å². The van der Waals surface area contributed by atoms with Crippen LogP contribution in [0.3, 0.4) is 0 Å². The van der Waals surface area contributed by atoms with Crippen LogP contribution in [0.1, 0.15) is 29.8 Å². The molecular formula is C22H39IN6O. The van der Waals surface area contributed by atoms with Gasteiger partial charge in [0.05, 0.1) is 6.54 Å². The van der Waals surface area contributed by atoms with Crippen LogP contribution in [-0.2, 0) is 6.42 Å². The first-order valence-corrected chi connectivity index (χ1v) is 10.7. The second kappa shape index (κ2) is 13.8. The van der Waals surface area contributed by atoms with E-state index in [2.05, 4.69) is 47.4 Å². The maximum atomic E-state index is 12.1. The summed E-state index contributed by atoms with van der Waals surface area (Å²) in [5.41, 5.74) is 1.88. The van der Waals surface area contributed by atoms with E-state index in [9.17, 15) is 4.79 Å². The van der Waals surface area contributed by atoms with Crippen molar-refractivity contribution in [3.8, 4) is 0 Å². The predicted octanol–water partition coefficient (Wildman–Crippen LogP) is 1.74. The molecule has 2 rings (SSSR count). The number of carbonyl (C=O) groups is 1. The summed E-state index contributed by atoms with van der Waals surface area (Å²) in [6, 6.07) is 8.29. The molecule has 1 fully saturated rings. The van der Waals surface area contributed by atoms with Crippen molar-refractivity contribution in [2.24, 2.45) is 4.99 Å². The van der Waals surface area contributed by atoms with Gasteiger partial charge in [0.15, 0.2) is 5.96 Å². The molecule has 1 aliphatic rings. The standard InChI is InChI=1S/C22H38N6O.HI/c1-6-23-22(25-17-18(2)28-14-12-27(5)13-15-28)24-11-10-19-8-7-9-20(16-19)21(29)26(3)4;/h7-9,16,18H,6,10-15,17H2,1-5H3,(H2,23,24,25);1H. The number of hydrogen-bond donors (Lipinski definition) is 2. The molecule has 0 spiro atoms. The van der Waals surface area contributed by atoms with Gasteiger partial charge >= 0.3 is 0 Å². The van der Waals surface area contributed by atoms with Gasteiger partial charge in [-0.15, -0.1) is 24.0 Å². The fraction of sp³-hybridized carbons (Fsp3) is 0.636. The number of benzene rings is 1. The highest BCUT2D eigenvalue weighted by Crippen LogP contribution is 2.08. The minimum atomic E-state index is 0. The van der Waals surface area contributed by atoms with Crippen molar-refractivity contribution in [3.05, 3.63) is 35.4 Å². The van der Waals surface area contributed by atoms with Gasteiger partial charge in [0.1, 0.15) is 0 Å². The number of halogens is 1. The molecule has 0 aliphatic carbocycles. The number of guanidine groups is 1. The molecule has 0 aromatic heterocycles. The van der Waals surface area contributed by atoms with E-state index in [1.54, 1.807) is 19.0 Å². The molecule has 1 atom stereocenters. The third-order valence-corrected chi connectivity index (χ3v) is 5.31. The highest BCUT2D eigenvalue weighted by molar-refractivity contribution is 14.0.